The Balaban J connectivity index is 3.81. The predicted octanol–water partition coefficient (Wildman–Crippen LogP) is 2.72. The number of rotatable bonds is 4. The number of carbonyl (C=O) groups is 2. The van der Waals surface area contributed by atoms with E-state index < -0.39 is 10.8 Å². The van der Waals surface area contributed by atoms with Gasteiger partial charge in [0.25, 0.3) is 0 Å². The zero-order valence-electron chi connectivity index (χ0n) is 12.2. The summed E-state index contributed by atoms with van der Waals surface area (Å²) in [7, 11) is 0. The predicted molar refractivity (Wildman–Crippen MR) is 70.0 cm³/mol. The second-order valence-electron chi connectivity index (χ2n) is 6.17. The molecule has 0 aromatic carbocycles. The van der Waals surface area contributed by atoms with Crippen LogP contribution in [0.1, 0.15) is 41.5 Å². The van der Waals surface area contributed by atoms with E-state index in [0.29, 0.717) is 0 Å². The number of carbonyl (C=O) groups excluding carboxylic acids is 2. The van der Waals surface area contributed by atoms with Gasteiger partial charge in [0.15, 0.2) is 0 Å². The van der Waals surface area contributed by atoms with Gasteiger partial charge in [0.05, 0.1) is 10.8 Å². The molecule has 0 bridgehead atoms. The van der Waals surface area contributed by atoms with Gasteiger partial charge in [0, 0.05) is 0 Å². The van der Waals surface area contributed by atoms with Gasteiger partial charge in [-0.25, -0.2) is 0 Å². The molecule has 0 amide bonds. The molecule has 4 heteroatoms. The summed E-state index contributed by atoms with van der Waals surface area (Å²) in [6, 6.07) is 0. The first-order chi connectivity index (χ1) is 8.05. The van der Waals surface area contributed by atoms with Gasteiger partial charge >= 0.3 is 11.9 Å². The van der Waals surface area contributed by atoms with Crippen LogP contribution >= 0.6 is 0 Å². The fourth-order valence-electron chi connectivity index (χ4n) is 0.817. The molecular weight excluding hydrogens is 232 g/mol. The molecule has 0 fully saturated rings. The molecule has 18 heavy (non-hydrogen) atoms. The van der Waals surface area contributed by atoms with Crippen molar-refractivity contribution < 1.29 is 19.1 Å². The van der Waals surface area contributed by atoms with Crippen LogP contribution < -0.4 is 0 Å². The zero-order valence-corrected chi connectivity index (χ0v) is 12.2. The van der Waals surface area contributed by atoms with Crippen LogP contribution in [0.3, 0.4) is 0 Å². The fourth-order valence-corrected chi connectivity index (χ4v) is 0.817. The van der Waals surface area contributed by atoms with Crippen molar-refractivity contribution in [1.29, 1.82) is 0 Å². The highest BCUT2D eigenvalue weighted by Gasteiger charge is 2.23. The first-order valence-electron chi connectivity index (χ1n) is 6.04. The van der Waals surface area contributed by atoms with Crippen molar-refractivity contribution in [1.82, 2.24) is 0 Å². The van der Waals surface area contributed by atoms with Crippen molar-refractivity contribution in [2.75, 3.05) is 13.2 Å². The fraction of sp³-hybridized carbons (Fsp3) is 0.714. The van der Waals surface area contributed by atoms with E-state index in [1.807, 2.05) is 0 Å². The average Bonchev–Trinajstić information content (AvgIpc) is 2.19. The summed E-state index contributed by atoms with van der Waals surface area (Å²) in [5, 5.41) is 0. The monoisotopic (exact) mass is 256 g/mol. The summed E-state index contributed by atoms with van der Waals surface area (Å²) >= 11 is 0. The molecule has 0 saturated carbocycles. The molecule has 0 aliphatic rings. The van der Waals surface area contributed by atoms with Crippen molar-refractivity contribution in [3.05, 3.63) is 12.2 Å². The van der Waals surface area contributed by atoms with Crippen LogP contribution in [0.25, 0.3) is 0 Å². The van der Waals surface area contributed by atoms with E-state index in [-0.39, 0.29) is 25.2 Å². The molecule has 4 nitrogen and oxygen atoms in total. The van der Waals surface area contributed by atoms with Crippen LogP contribution in [0.15, 0.2) is 12.2 Å². The normalized spacial score (nSPS) is 12.6. The second-order valence-corrected chi connectivity index (χ2v) is 6.17. The molecule has 0 atom stereocenters. The lowest BCUT2D eigenvalue weighted by molar-refractivity contribution is -0.152. The lowest BCUT2D eigenvalue weighted by Crippen LogP contribution is -2.23. The van der Waals surface area contributed by atoms with Crippen LogP contribution in [-0.4, -0.2) is 25.2 Å². The van der Waals surface area contributed by atoms with Gasteiger partial charge in [0.2, 0.25) is 0 Å². The van der Waals surface area contributed by atoms with Crippen LogP contribution in [0, 0.1) is 10.8 Å². The van der Waals surface area contributed by atoms with E-state index >= 15 is 0 Å². The van der Waals surface area contributed by atoms with Gasteiger partial charge in [-0.15, -0.1) is 0 Å². The van der Waals surface area contributed by atoms with Crippen LogP contribution in [-0.2, 0) is 19.1 Å². The summed E-state index contributed by atoms with van der Waals surface area (Å²) in [6.45, 7) is 11.2. The smallest absolute Gasteiger partial charge is 0.311 e. The van der Waals surface area contributed by atoms with Crippen LogP contribution in [0.4, 0.5) is 0 Å². The third kappa shape index (κ3) is 7.09. The maximum Gasteiger partial charge on any atom is 0.311 e. The second kappa shape index (κ2) is 6.57. The van der Waals surface area contributed by atoms with E-state index in [4.69, 9.17) is 9.47 Å². The molecule has 0 N–H and O–H groups in total. The summed E-state index contributed by atoms with van der Waals surface area (Å²) in [5.74, 6) is -0.502. The standard InChI is InChI=1S/C14H24O4/c1-13(2,3)11(15)17-9-7-8-10-18-12(16)14(4,5)6/h7-8H,9-10H2,1-6H3. The highest BCUT2D eigenvalue weighted by Crippen LogP contribution is 2.15. The van der Waals surface area contributed by atoms with E-state index in [1.54, 1.807) is 53.7 Å². The van der Waals surface area contributed by atoms with Crippen molar-refractivity contribution in [3.8, 4) is 0 Å². The Labute approximate surface area is 109 Å². The molecule has 0 radical (unpaired) electrons. The molecule has 104 valence electrons. The molecule has 0 rings (SSSR count). The highest BCUT2D eigenvalue weighted by molar-refractivity contribution is 5.75. The minimum absolute atomic E-state index is 0.198. The molecule has 0 aliphatic heterocycles. The molecular formula is C14H24O4. The number of hydrogen-bond acceptors (Lipinski definition) is 4. The van der Waals surface area contributed by atoms with Gasteiger partial charge in [-0.1, -0.05) is 0 Å². The number of hydrogen-bond donors (Lipinski definition) is 0. The van der Waals surface area contributed by atoms with Gasteiger partial charge in [-0.05, 0) is 53.7 Å². The van der Waals surface area contributed by atoms with Gasteiger partial charge in [0.1, 0.15) is 13.2 Å². The highest BCUT2D eigenvalue weighted by atomic mass is 16.5. The van der Waals surface area contributed by atoms with Crippen molar-refractivity contribution in [3.63, 3.8) is 0 Å². The van der Waals surface area contributed by atoms with Crippen molar-refractivity contribution >= 4 is 11.9 Å². The Kier molecular flexibility index (Phi) is 6.09. The molecule has 0 aromatic rings. The Morgan fingerprint density at radius 3 is 1.28 bits per heavy atom. The molecule has 0 aliphatic carbocycles. The largest absolute Gasteiger partial charge is 0.461 e. The summed E-state index contributed by atoms with van der Waals surface area (Å²) in [4.78, 5) is 22.8. The van der Waals surface area contributed by atoms with Crippen molar-refractivity contribution in [2.45, 2.75) is 41.5 Å². The van der Waals surface area contributed by atoms with Gasteiger partial charge < -0.3 is 9.47 Å². The van der Waals surface area contributed by atoms with E-state index in [1.165, 1.54) is 0 Å². The Hall–Kier alpha value is -1.32. The lowest BCUT2D eigenvalue weighted by Gasteiger charge is -2.16. The number of ether oxygens (including phenoxy) is 2. The Bertz CT molecular complexity index is 284. The minimum atomic E-state index is -0.494. The summed E-state index contributed by atoms with van der Waals surface area (Å²) < 4.78 is 10.0. The van der Waals surface area contributed by atoms with Gasteiger partial charge in [-0.2, -0.15) is 0 Å². The summed E-state index contributed by atoms with van der Waals surface area (Å²) in [5.41, 5.74) is -0.987. The molecule has 0 unspecified atom stereocenters. The van der Waals surface area contributed by atoms with Gasteiger partial charge in [-0.3, -0.25) is 9.59 Å². The van der Waals surface area contributed by atoms with E-state index in [2.05, 4.69) is 0 Å². The Morgan fingerprint density at radius 1 is 0.778 bits per heavy atom. The SMILES string of the molecule is CC(C)(C)C(=O)OCC=CCOC(=O)C(C)(C)C. The van der Waals surface area contributed by atoms with E-state index in [0.717, 1.165) is 0 Å². The third-order valence-electron chi connectivity index (χ3n) is 2.01. The summed E-state index contributed by atoms with van der Waals surface area (Å²) in [6.07, 6.45) is 3.33. The molecule has 0 aromatic heterocycles. The maximum atomic E-state index is 11.4. The molecule has 0 spiro atoms. The lowest BCUT2D eigenvalue weighted by atomic mass is 9.97. The first kappa shape index (κ1) is 16.7. The topological polar surface area (TPSA) is 52.6 Å². The zero-order chi connectivity index (χ0) is 14.4. The Morgan fingerprint density at radius 2 is 1.06 bits per heavy atom. The molecule has 0 heterocycles. The molecule has 0 saturated heterocycles. The van der Waals surface area contributed by atoms with Crippen molar-refractivity contribution in [2.24, 2.45) is 10.8 Å². The maximum absolute atomic E-state index is 11.4. The first-order valence-corrected chi connectivity index (χ1v) is 6.04. The minimum Gasteiger partial charge on any atom is -0.461 e. The number of esters is 2. The van der Waals surface area contributed by atoms with Crippen LogP contribution in [0.5, 0.6) is 0 Å². The van der Waals surface area contributed by atoms with E-state index in [9.17, 15) is 9.59 Å². The quantitative estimate of drug-likeness (QED) is 0.573. The van der Waals surface area contributed by atoms with Crippen LogP contribution in [0.2, 0.25) is 0 Å². The third-order valence-corrected chi connectivity index (χ3v) is 2.01. The average molecular weight is 256 g/mol.